The number of hydrogen-bond acceptors (Lipinski definition) is 0. The fraction of sp³-hybridized carbons (Fsp3) is 0. The maximum Gasteiger partial charge on any atom is 0.340 e. The van der Waals surface area contributed by atoms with Crippen LogP contribution in [0.3, 0.4) is 0 Å². The van der Waals surface area contributed by atoms with Gasteiger partial charge in [-0.25, -0.2) is 0 Å². The molecule has 0 N–H and O–H groups in total. The van der Waals surface area contributed by atoms with Gasteiger partial charge in [-0.15, -0.1) is 0 Å². The maximum atomic E-state index is 2.71. The number of nitrogens with zero attached hydrogens (tertiary/aromatic N) is 2. The molecule has 1 aliphatic heterocycles. The summed E-state index contributed by atoms with van der Waals surface area (Å²) in [5.41, 5.74) is 10.1. The fourth-order valence-corrected chi connectivity index (χ4v) is 12.2. The molecule has 1 aliphatic rings. The van der Waals surface area contributed by atoms with Crippen LogP contribution in [0.5, 0.6) is 0 Å². The summed E-state index contributed by atoms with van der Waals surface area (Å²) in [5, 5.41) is 5.30. The van der Waals surface area contributed by atoms with Gasteiger partial charge in [-0.3, -0.25) is 0 Å². The molecular formula is C40H28N2Si. The minimum Gasteiger partial charge on any atom is -0.341 e. The minimum atomic E-state index is -2.86. The molecule has 0 unspecified atom stereocenters. The highest BCUT2D eigenvalue weighted by molar-refractivity contribution is 7.02. The largest absolute Gasteiger partial charge is 0.341 e. The summed E-state index contributed by atoms with van der Waals surface area (Å²) in [5.74, 6) is 0. The highest BCUT2D eigenvalue weighted by Crippen LogP contribution is 2.42. The van der Waals surface area contributed by atoms with Crippen molar-refractivity contribution in [3.63, 3.8) is 0 Å². The molecule has 3 heterocycles. The number of rotatable bonds is 4. The first-order valence-electron chi connectivity index (χ1n) is 14.9. The molecule has 43 heavy (non-hydrogen) atoms. The molecule has 2 aromatic heterocycles. The predicted molar refractivity (Wildman–Crippen MR) is 182 cm³/mol. The van der Waals surface area contributed by atoms with E-state index in [0.717, 1.165) is 0 Å². The van der Waals surface area contributed by atoms with Crippen LogP contribution in [0.1, 0.15) is 0 Å². The van der Waals surface area contributed by atoms with Crippen LogP contribution in [-0.2, 0) is 0 Å². The monoisotopic (exact) mass is 564 g/mol. The van der Waals surface area contributed by atoms with Crippen LogP contribution in [0, 0.1) is 0 Å². The molecule has 3 heteroatoms. The lowest BCUT2D eigenvalue weighted by Gasteiger charge is -2.34. The van der Waals surface area contributed by atoms with E-state index in [0.29, 0.717) is 0 Å². The summed E-state index contributed by atoms with van der Waals surface area (Å²) in [6.45, 7) is 0. The summed E-state index contributed by atoms with van der Waals surface area (Å²) in [6.07, 6.45) is 0. The van der Waals surface area contributed by atoms with E-state index in [1.807, 2.05) is 0 Å². The van der Waals surface area contributed by atoms with Gasteiger partial charge in [0.1, 0.15) is 0 Å². The van der Waals surface area contributed by atoms with E-state index in [1.165, 1.54) is 65.8 Å². The summed E-state index contributed by atoms with van der Waals surface area (Å²) < 4.78 is 5.41. The Bertz CT molecular complexity index is 2090. The van der Waals surface area contributed by atoms with Gasteiger partial charge in [0.15, 0.2) is 0 Å². The van der Waals surface area contributed by atoms with Gasteiger partial charge in [-0.1, -0.05) is 146 Å². The van der Waals surface area contributed by atoms with Crippen LogP contribution in [0.2, 0.25) is 0 Å². The number of hydrogen-bond donors (Lipinski definition) is 0. The third kappa shape index (κ3) is 3.46. The quantitative estimate of drug-likeness (QED) is 0.190. The third-order valence-corrected chi connectivity index (χ3v) is 13.7. The van der Waals surface area contributed by atoms with Gasteiger partial charge in [0.2, 0.25) is 0 Å². The molecule has 0 fully saturated rings. The van der Waals surface area contributed by atoms with Crippen molar-refractivity contribution in [2.75, 3.05) is 0 Å². The molecule has 0 spiro atoms. The second-order valence-corrected chi connectivity index (χ2v) is 14.8. The first kappa shape index (κ1) is 24.2. The van der Waals surface area contributed by atoms with Crippen molar-refractivity contribution in [1.82, 2.24) is 8.47 Å². The van der Waals surface area contributed by atoms with Crippen molar-refractivity contribution in [3.05, 3.63) is 170 Å². The lowest BCUT2D eigenvalue weighted by molar-refractivity contribution is 1.20. The summed E-state index contributed by atoms with van der Waals surface area (Å²) in [4.78, 5) is 0. The molecule has 8 aromatic rings. The molecule has 0 amide bonds. The van der Waals surface area contributed by atoms with Crippen LogP contribution in [-0.4, -0.2) is 16.9 Å². The molecule has 202 valence electrons. The number of fused-ring (bicyclic) bond motifs is 7. The van der Waals surface area contributed by atoms with Crippen molar-refractivity contribution in [2.24, 2.45) is 0 Å². The zero-order chi connectivity index (χ0) is 28.4. The average Bonchev–Trinajstić information content (AvgIpc) is 3.74. The first-order valence-corrected chi connectivity index (χ1v) is 16.8. The molecular weight excluding hydrogens is 537 g/mol. The zero-order valence-corrected chi connectivity index (χ0v) is 24.6. The fourth-order valence-electron chi connectivity index (χ4n) is 7.22. The molecule has 0 bridgehead atoms. The third-order valence-electron chi connectivity index (χ3n) is 9.12. The van der Waals surface area contributed by atoms with Crippen LogP contribution in [0.15, 0.2) is 170 Å². The first-order chi connectivity index (χ1) is 21.3. The van der Waals surface area contributed by atoms with Gasteiger partial charge in [-0.05, 0) is 67.7 Å². The summed E-state index contributed by atoms with van der Waals surface area (Å²) >= 11 is 0. The normalized spacial score (nSPS) is 13.3. The topological polar surface area (TPSA) is 9.86 Å². The van der Waals surface area contributed by atoms with Crippen LogP contribution < -0.4 is 10.4 Å². The second kappa shape index (κ2) is 9.31. The van der Waals surface area contributed by atoms with Crippen molar-refractivity contribution < 1.29 is 0 Å². The van der Waals surface area contributed by atoms with Crippen molar-refractivity contribution in [2.45, 2.75) is 0 Å². The van der Waals surface area contributed by atoms with Gasteiger partial charge < -0.3 is 8.47 Å². The highest BCUT2D eigenvalue weighted by atomic mass is 28.3. The molecule has 9 rings (SSSR count). The number of aromatic nitrogens is 2. The Hall–Kier alpha value is -5.38. The van der Waals surface area contributed by atoms with E-state index >= 15 is 0 Å². The Labute approximate surface area is 251 Å². The molecule has 0 radical (unpaired) electrons. The van der Waals surface area contributed by atoms with E-state index in [2.05, 4.69) is 178 Å². The van der Waals surface area contributed by atoms with Crippen LogP contribution >= 0.6 is 0 Å². The molecule has 0 aliphatic carbocycles. The Morgan fingerprint density at radius 2 is 0.674 bits per heavy atom. The van der Waals surface area contributed by atoms with Gasteiger partial charge in [0.05, 0.1) is 11.4 Å². The van der Waals surface area contributed by atoms with E-state index in [1.54, 1.807) is 0 Å². The molecule has 0 atom stereocenters. The van der Waals surface area contributed by atoms with Gasteiger partial charge >= 0.3 is 8.40 Å². The van der Waals surface area contributed by atoms with E-state index in [4.69, 9.17) is 0 Å². The Balaban J connectivity index is 1.38. The van der Waals surface area contributed by atoms with Gasteiger partial charge in [0.25, 0.3) is 0 Å². The lowest BCUT2D eigenvalue weighted by atomic mass is 10.1. The van der Waals surface area contributed by atoms with E-state index < -0.39 is 8.40 Å². The lowest BCUT2D eigenvalue weighted by Crippen LogP contribution is -2.67. The van der Waals surface area contributed by atoms with E-state index in [-0.39, 0.29) is 0 Å². The van der Waals surface area contributed by atoms with Crippen molar-refractivity contribution in [1.29, 1.82) is 0 Å². The maximum absolute atomic E-state index is 2.86. The molecule has 0 saturated heterocycles. The number of benzene rings is 6. The standard InChI is InChI=1S/C40H28N2Si/c1-3-11-29(12-4-1)31-19-23-35(24-20-31)43(36-25-21-32(22-26-36)30-13-5-2-6-14-30)41-37-17-9-7-15-33(37)27-39(41)40-28-34-16-8-10-18-38(34)42(40)43/h1-28H. The number of para-hydroxylation sites is 2. The zero-order valence-electron chi connectivity index (χ0n) is 23.6. The Kier molecular flexibility index (Phi) is 5.25. The van der Waals surface area contributed by atoms with Crippen LogP contribution in [0.4, 0.5) is 0 Å². The minimum absolute atomic E-state index is 1.24. The van der Waals surface area contributed by atoms with Gasteiger partial charge in [0, 0.05) is 11.0 Å². The second-order valence-electron chi connectivity index (χ2n) is 11.4. The molecule has 6 aromatic carbocycles. The highest BCUT2D eigenvalue weighted by Gasteiger charge is 2.51. The smallest absolute Gasteiger partial charge is 0.340 e. The summed E-state index contributed by atoms with van der Waals surface area (Å²) in [7, 11) is -2.86. The van der Waals surface area contributed by atoms with E-state index in [9.17, 15) is 0 Å². The Morgan fingerprint density at radius 1 is 0.326 bits per heavy atom. The van der Waals surface area contributed by atoms with Crippen molar-refractivity contribution >= 4 is 40.6 Å². The van der Waals surface area contributed by atoms with Gasteiger partial charge in [-0.2, -0.15) is 0 Å². The SMILES string of the molecule is c1ccc(-c2ccc([Si]3(c4ccc(-c5ccccc5)cc4)n4c(cc5ccccc54)-c4cc5ccccc5n43)cc2)cc1. The van der Waals surface area contributed by atoms with Crippen LogP contribution in [0.25, 0.3) is 55.4 Å². The average molecular weight is 565 g/mol. The molecule has 2 nitrogen and oxygen atoms in total. The molecule has 0 saturated carbocycles. The predicted octanol–water partition coefficient (Wildman–Crippen LogP) is 8.56. The Morgan fingerprint density at radius 3 is 1.09 bits per heavy atom. The summed E-state index contributed by atoms with van der Waals surface area (Å²) in [6, 6.07) is 62.7. The van der Waals surface area contributed by atoms with Crippen molar-refractivity contribution in [3.8, 4) is 33.6 Å².